The number of esters is 1. The Morgan fingerprint density at radius 2 is 1.93 bits per heavy atom. The van der Waals surface area contributed by atoms with Crippen molar-refractivity contribution in [3.8, 4) is 0 Å². The summed E-state index contributed by atoms with van der Waals surface area (Å²) in [6.45, 7) is 3.64. The number of carbonyl (C=O) groups is 2. The molecule has 2 saturated heterocycles. The molecule has 2 aliphatic heterocycles. The van der Waals surface area contributed by atoms with E-state index in [0.29, 0.717) is 10.6 Å². The Balaban J connectivity index is 1.50. The Hall–Kier alpha value is -2.33. The summed E-state index contributed by atoms with van der Waals surface area (Å²) in [6.07, 6.45) is -1.91. The summed E-state index contributed by atoms with van der Waals surface area (Å²) in [5.74, 6) is -1.84. The van der Waals surface area contributed by atoms with E-state index in [0.717, 1.165) is 0 Å². The van der Waals surface area contributed by atoms with E-state index in [2.05, 4.69) is 4.98 Å². The second-order valence-electron chi connectivity index (χ2n) is 7.06. The van der Waals surface area contributed by atoms with Crippen molar-refractivity contribution in [2.75, 3.05) is 6.61 Å². The minimum Gasteiger partial charge on any atom is -0.459 e. The topological polar surface area (TPSA) is 110 Å². The van der Waals surface area contributed by atoms with E-state index >= 15 is 0 Å². The van der Waals surface area contributed by atoms with Gasteiger partial charge in [-0.2, -0.15) is 0 Å². The van der Waals surface area contributed by atoms with Crippen LogP contribution < -0.4 is 5.73 Å². The van der Waals surface area contributed by atoms with Crippen molar-refractivity contribution in [3.63, 3.8) is 0 Å². The smallest absolute Gasteiger partial charge is 0.338 e. The van der Waals surface area contributed by atoms with Crippen molar-refractivity contribution in [1.29, 1.82) is 0 Å². The highest BCUT2D eigenvalue weighted by Crippen LogP contribution is 2.45. The molecule has 0 radical (unpaired) electrons. The Labute approximate surface area is 165 Å². The van der Waals surface area contributed by atoms with Gasteiger partial charge in [-0.3, -0.25) is 4.79 Å². The van der Waals surface area contributed by atoms with E-state index in [1.54, 1.807) is 29.6 Å². The molecule has 9 heteroatoms. The molecule has 1 aromatic heterocycles. The van der Waals surface area contributed by atoms with E-state index < -0.39 is 42.1 Å². The third kappa shape index (κ3) is 3.66. The molecule has 0 spiro atoms. The third-order valence-electron chi connectivity index (χ3n) is 4.56. The summed E-state index contributed by atoms with van der Waals surface area (Å²) >= 11 is 1.27. The number of thiazole rings is 1. The fourth-order valence-electron chi connectivity index (χ4n) is 3.36. The van der Waals surface area contributed by atoms with Crippen LogP contribution in [0.25, 0.3) is 0 Å². The Bertz CT molecular complexity index is 884. The van der Waals surface area contributed by atoms with Gasteiger partial charge in [-0.25, -0.2) is 9.78 Å². The van der Waals surface area contributed by atoms with Gasteiger partial charge in [0.25, 0.3) is 5.91 Å². The summed E-state index contributed by atoms with van der Waals surface area (Å²) in [4.78, 5) is 27.8. The van der Waals surface area contributed by atoms with Crippen LogP contribution in [0.5, 0.6) is 0 Å². The molecular formula is C19H20N2O6S. The molecule has 4 rings (SSSR count). The van der Waals surface area contributed by atoms with Crippen LogP contribution >= 0.6 is 11.3 Å². The van der Waals surface area contributed by atoms with Crippen molar-refractivity contribution in [2.24, 2.45) is 5.73 Å². The molecule has 2 N–H and O–H groups in total. The molecule has 2 fully saturated rings. The van der Waals surface area contributed by atoms with Crippen LogP contribution in [0, 0.1) is 0 Å². The van der Waals surface area contributed by atoms with Crippen LogP contribution in [0.3, 0.4) is 0 Å². The lowest BCUT2D eigenvalue weighted by Crippen LogP contribution is -2.33. The van der Waals surface area contributed by atoms with Crippen molar-refractivity contribution in [3.05, 3.63) is 52.0 Å². The molecule has 8 nitrogen and oxygen atoms in total. The second kappa shape index (κ2) is 7.25. The number of primary amides is 1. The number of nitrogens with zero attached hydrogens (tertiary/aromatic N) is 1. The zero-order valence-corrected chi connectivity index (χ0v) is 16.2. The summed E-state index contributed by atoms with van der Waals surface area (Å²) in [5.41, 5.74) is 5.93. The van der Waals surface area contributed by atoms with E-state index in [4.69, 9.17) is 24.7 Å². The van der Waals surface area contributed by atoms with Gasteiger partial charge in [0, 0.05) is 5.38 Å². The Kier molecular flexibility index (Phi) is 4.92. The molecule has 0 bridgehead atoms. The minimum atomic E-state index is -0.803. The molecule has 28 heavy (non-hydrogen) atoms. The van der Waals surface area contributed by atoms with E-state index in [1.807, 2.05) is 19.9 Å². The average molecular weight is 404 g/mol. The number of amides is 1. The van der Waals surface area contributed by atoms with Gasteiger partial charge >= 0.3 is 5.97 Å². The maximum Gasteiger partial charge on any atom is 0.338 e. The first-order valence-corrected chi connectivity index (χ1v) is 9.70. The summed E-state index contributed by atoms with van der Waals surface area (Å²) < 4.78 is 23.5. The van der Waals surface area contributed by atoms with Crippen LogP contribution in [-0.4, -0.2) is 47.6 Å². The summed E-state index contributed by atoms with van der Waals surface area (Å²) in [6, 6.07) is 8.73. The van der Waals surface area contributed by atoms with Gasteiger partial charge in [0.15, 0.2) is 5.79 Å². The van der Waals surface area contributed by atoms with Gasteiger partial charge in [0.05, 0.1) is 5.56 Å². The lowest BCUT2D eigenvalue weighted by atomic mass is 10.1. The maximum atomic E-state index is 12.2. The SMILES string of the molecule is CC1(C)O[C@@H]2[C@H](O1)[C@@H](COC(=O)c1ccccc1)O[C@H]2c1nc(C(N)=O)cs1. The monoisotopic (exact) mass is 404 g/mol. The Morgan fingerprint density at radius 3 is 2.61 bits per heavy atom. The van der Waals surface area contributed by atoms with Crippen molar-refractivity contribution >= 4 is 23.2 Å². The number of fused-ring (bicyclic) bond motifs is 1. The number of nitrogens with two attached hydrogens (primary N) is 1. The minimum absolute atomic E-state index is 0.0128. The number of carbonyl (C=O) groups excluding carboxylic acids is 2. The summed E-state index contributed by atoms with van der Waals surface area (Å²) in [7, 11) is 0. The van der Waals surface area contributed by atoms with Crippen LogP contribution in [0.2, 0.25) is 0 Å². The molecule has 0 aliphatic carbocycles. The quantitative estimate of drug-likeness (QED) is 0.760. The van der Waals surface area contributed by atoms with Gasteiger partial charge in [0.2, 0.25) is 0 Å². The first-order chi connectivity index (χ1) is 13.3. The molecule has 1 aromatic carbocycles. The summed E-state index contributed by atoms with van der Waals surface area (Å²) in [5, 5.41) is 2.15. The fraction of sp³-hybridized carbons (Fsp3) is 0.421. The highest BCUT2D eigenvalue weighted by atomic mass is 32.1. The van der Waals surface area contributed by atoms with Crippen molar-refractivity contribution in [1.82, 2.24) is 4.98 Å². The van der Waals surface area contributed by atoms with E-state index in [9.17, 15) is 9.59 Å². The fourth-order valence-corrected chi connectivity index (χ4v) is 4.24. The second-order valence-corrected chi connectivity index (χ2v) is 7.95. The lowest BCUT2D eigenvalue weighted by Gasteiger charge is -2.23. The van der Waals surface area contributed by atoms with Gasteiger partial charge in [-0.15, -0.1) is 11.3 Å². The number of ether oxygens (including phenoxy) is 4. The van der Waals surface area contributed by atoms with Gasteiger partial charge < -0.3 is 24.7 Å². The molecule has 148 valence electrons. The number of hydrogen-bond donors (Lipinski definition) is 1. The number of hydrogen-bond acceptors (Lipinski definition) is 8. The molecule has 0 saturated carbocycles. The predicted molar refractivity (Wildman–Crippen MR) is 98.8 cm³/mol. The molecule has 0 unspecified atom stereocenters. The number of aromatic nitrogens is 1. The molecule has 2 aliphatic rings. The van der Waals surface area contributed by atoms with Crippen LogP contribution in [0.15, 0.2) is 35.7 Å². The van der Waals surface area contributed by atoms with Gasteiger partial charge in [0.1, 0.15) is 41.7 Å². The number of rotatable bonds is 5. The van der Waals surface area contributed by atoms with Gasteiger partial charge in [-0.1, -0.05) is 18.2 Å². The molecule has 4 atom stereocenters. The van der Waals surface area contributed by atoms with Crippen LogP contribution in [0.4, 0.5) is 0 Å². The highest BCUT2D eigenvalue weighted by molar-refractivity contribution is 7.09. The molecule has 2 aromatic rings. The predicted octanol–water partition coefficient (Wildman–Crippen LogP) is 2.06. The average Bonchev–Trinajstić information content (AvgIpc) is 3.34. The first-order valence-electron chi connectivity index (χ1n) is 8.82. The highest BCUT2D eigenvalue weighted by Gasteiger charge is 2.56. The normalized spacial score (nSPS) is 28.1. The standard InChI is InChI=1S/C19H20N2O6S/c1-19(2)26-13-12(8-24-18(23)10-6-4-3-5-7-10)25-15(14(13)27-19)17-21-11(9-28-17)16(20)22/h3-7,9,12-15H,8H2,1-2H3,(H2,20,22)/t12-,13-,14-,15-/m1/s1. The zero-order valence-electron chi connectivity index (χ0n) is 15.4. The zero-order chi connectivity index (χ0) is 19.9. The molecular weight excluding hydrogens is 384 g/mol. The van der Waals surface area contributed by atoms with E-state index in [1.165, 1.54) is 11.3 Å². The van der Waals surface area contributed by atoms with E-state index in [-0.39, 0.29) is 12.3 Å². The van der Waals surface area contributed by atoms with Crippen LogP contribution in [0.1, 0.15) is 45.8 Å². The first kappa shape index (κ1) is 19.0. The Morgan fingerprint density at radius 1 is 1.21 bits per heavy atom. The van der Waals surface area contributed by atoms with Gasteiger partial charge in [-0.05, 0) is 26.0 Å². The number of benzene rings is 1. The third-order valence-corrected chi connectivity index (χ3v) is 5.46. The lowest BCUT2D eigenvalue weighted by molar-refractivity contribution is -0.191. The van der Waals surface area contributed by atoms with Crippen molar-refractivity contribution < 1.29 is 28.5 Å². The van der Waals surface area contributed by atoms with Crippen molar-refractivity contribution in [2.45, 2.75) is 44.1 Å². The maximum absolute atomic E-state index is 12.2. The van der Waals surface area contributed by atoms with Crippen LogP contribution in [-0.2, 0) is 18.9 Å². The molecule has 3 heterocycles. The molecule has 1 amide bonds. The largest absolute Gasteiger partial charge is 0.459 e.